The van der Waals surface area contributed by atoms with E-state index in [4.69, 9.17) is 0 Å². The molecule has 12 nitrogen and oxygen atoms in total. The van der Waals surface area contributed by atoms with Crippen LogP contribution in [0.5, 0.6) is 0 Å². The third-order valence-electron chi connectivity index (χ3n) is 7.29. The number of amides is 2. The SMILES string of the molecule is CNC(=O)c1nnc(NC(=O)C2CC2)cc1N=C1N=C2C=CC(N3CC(N4CCCCC4)C3)C=[N+]2N1. The topological polar surface area (TPSA) is 130 Å². The molecule has 2 saturated heterocycles. The average molecular weight is 492 g/mol. The van der Waals surface area contributed by atoms with E-state index in [9.17, 15) is 9.59 Å². The second-order valence-corrected chi connectivity index (χ2v) is 9.90. The Labute approximate surface area is 209 Å². The van der Waals surface area contributed by atoms with E-state index in [1.165, 1.54) is 39.4 Å². The second-order valence-electron chi connectivity index (χ2n) is 9.90. The van der Waals surface area contributed by atoms with Crippen LogP contribution in [0.1, 0.15) is 42.6 Å². The molecule has 2 amide bonds. The van der Waals surface area contributed by atoms with Crippen molar-refractivity contribution in [1.29, 1.82) is 0 Å². The number of nitrogens with one attached hydrogen (secondary N) is 3. The summed E-state index contributed by atoms with van der Waals surface area (Å²) in [6.45, 7) is 4.59. The lowest BCUT2D eigenvalue weighted by molar-refractivity contribution is -0.446. The highest BCUT2D eigenvalue weighted by Crippen LogP contribution is 2.30. The minimum atomic E-state index is -0.419. The van der Waals surface area contributed by atoms with Gasteiger partial charge in [-0.2, -0.15) is 10.4 Å². The number of aliphatic imine (C=N–C) groups is 2. The molecule has 3 fully saturated rings. The second kappa shape index (κ2) is 9.51. The van der Waals surface area contributed by atoms with Gasteiger partial charge in [-0.15, -0.1) is 14.9 Å². The van der Waals surface area contributed by atoms with Crippen molar-refractivity contribution in [2.75, 3.05) is 38.5 Å². The van der Waals surface area contributed by atoms with Gasteiger partial charge in [0.1, 0.15) is 11.9 Å². The van der Waals surface area contributed by atoms with Gasteiger partial charge in [-0.05, 0) is 38.8 Å². The number of carbonyl (C=O) groups excluding carboxylic acids is 2. The molecule has 1 atom stereocenters. The van der Waals surface area contributed by atoms with E-state index in [1.807, 2.05) is 10.8 Å². The zero-order chi connectivity index (χ0) is 24.6. The number of hydrogen-bond acceptors (Lipinski definition) is 7. The smallest absolute Gasteiger partial charge is 0.354 e. The molecule has 0 aromatic carbocycles. The number of hydrazone groups is 1. The lowest BCUT2D eigenvalue weighted by Crippen LogP contribution is -2.63. The van der Waals surface area contributed by atoms with Crippen molar-refractivity contribution >= 4 is 41.3 Å². The molecule has 5 aliphatic rings. The average Bonchev–Trinajstić information content (AvgIpc) is 3.64. The number of rotatable bonds is 6. The molecule has 0 radical (unpaired) electrons. The van der Waals surface area contributed by atoms with Crippen molar-refractivity contribution in [2.24, 2.45) is 15.9 Å². The Morgan fingerprint density at radius 1 is 1.14 bits per heavy atom. The lowest BCUT2D eigenvalue weighted by Gasteiger charge is -2.48. The first kappa shape index (κ1) is 22.9. The van der Waals surface area contributed by atoms with Crippen LogP contribution in [0.25, 0.3) is 0 Å². The minimum absolute atomic E-state index is 0.0239. The molecule has 4 aliphatic heterocycles. The number of carbonyl (C=O) groups is 2. The Morgan fingerprint density at radius 3 is 2.69 bits per heavy atom. The lowest BCUT2D eigenvalue weighted by atomic mass is 10.00. The van der Waals surface area contributed by atoms with Gasteiger partial charge in [0.25, 0.3) is 5.91 Å². The first-order valence-electron chi connectivity index (χ1n) is 12.7. The highest BCUT2D eigenvalue weighted by atomic mass is 16.2. The highest BCUT2D eigenvalue weighted by Gasteiger charge is 2.39. The number of likely N-dealkylation sites (tertiary alicyclic amines) is 2. The van der Waals surface area contributed by atoms with Crippen molar-refractivity contribution in [3.05, 3.63) is 23.9 Å². The molecule has 1 aromatic rings. The molecule has 1 saturated carbocycles. The molecule has 6 rings (SSSR count). The largest absolute Gasteiger partial charge is 0.375 e. The van der Waals surface area contributed by atoms with Crippen molar-refractivity contribution in [3.63, 3.8) is 0 Å². The number of guanidine groups is 1. The van der Waals surface area contributed by atoms with E-state index in [-0.39, 0.29) is 35.1 Å². The third-order valence-corrected chi connectivity index (χ3v) is 7.29. The zero-order valence-electron chi connectivity index (χ0n) is 20.4. The van der Waals surface area contributed by atoms with Crippen molar-refractivity contribution in [2.45, 2.75) is 44.2 Å². The zero-order valence-corrected chi connectivity index (χ0v) is 20.4. The molecule has 0 bridgehead atoms. The molecular formula is C24H31N10O2+. The standard InChI is InChI=1S/C24H30N10O2/c1-25-23(36)21-18(11-19(29-30-21)27-22(35)15-5-6-15)26-24-28-20-8-7-16(14-34(20)31-24)33-12-17(13-33)32-9-3-2-4-10-32/h7-8,11,14-17H,2-6,9-10,12-13H2,1H3,(H2-,25,26,27,29,31,35,36)/p+1. The predicted molar refractivity (Wildman–Crippen MR) is 134 cm³/mol. The van der Waals surface area contributed by atoms with E-state index in [0.717, 1.165) is 31.8 Å². The van der Waals surface area contributed by atoms with Gasteiger partial charge in [0.15, 0.2) is 11.5 Å². The van der Waals surface area contributed by atoms with Crippen molar-refractivity contribution in [3.8, 4) is 0 Å². The molecule has 1 unspecified atom stereocenters. The number of amidine groups is 1. The minimum Gasteiger partial charge on any atom is -0.354 e. The molecule has 1 aliphatic carbocycles. The Bertz CT molecular complexity index is 1190. The van der Waals surface area contributed by atoms with Crippen LogP contribution in [0.15, 0.2) is 28.2 Å². The summed E-state index contributed by atoms with van der Waals surface area (Å²) in [5, 5.41) is 13.3. The number of anilines is 1. The summed E-state index contributed by atoms with van der Waals surface area (Å²) in [7, 11) is 1.52. The summed E-state index contributed by atoms with van der Waals surface area (Å²) >= 11 is 0. The fourth-order valence-corrected chi connectivity index (χ4v) is 4.98. The maximum absolute atomic E-state index is 12.3. The predicted octanol–water partition coefficient (Wildman–Crippen LogP) is 0.281. The fraction of sp³-hybridized carbons (Fsp3) is 0.542. The normalized spacial score (nSPS) is 25.5. The molecule has 1 aromatic heterocycles. The van der Waals surface area contributed by atoms with Gasteiger partial charge in [0.05, 0.1) is 6.04 Å². The van der Waals surface area contributed by atoms with Crippen LogP contribution in [-0.2, 0) is 4.79 Å². The first-order chi connectivity index (χ1) is 17.6. The Kier molecular flexibility index (Phi) is 6.05. The van der Waals surface area contributed by atoms with Gasteiger partial charge < -0.3 is 10.6 Å². The molecule has 3 N–H and O–H groups in total. The summed E-state index contributed by atoms with van der Waals surface area (Å²) in [5.41, 5.74) is 3.52. The van der Waals surface area contributed by atoms with E-state index < -0.39 is 5.91 Å². The van der Waals surface area contributed by atoms with Gasteiger partial charge in [-0.1, -0.05) is 12.5 Å². The summed E-state index contributed by atoms with van der Waals surface area (Å²) in [6, 6.07) is 2.39. The fourth-order valence-electron chi connectivity index (χ4n) is 4.98. The molecule has 188 valence electrons. The number of aromatic nitrogens is 2. The van der Waals surface area contributed by atoms with Crippen LogP contribution in [0.3, 0.4) is 0 Å². The highest BCUT2D eigenvalue weighted by molar-refractivity contribution is 6.05. The van der Waals surface area contributed by atoms with Crippen LogP contribution in [0.4, 0.5) is 11.5 Å². The molecule has 5 heterocycles. The summed E-state index contributed by atoms with van der Waals surface area (Å²) in [6.07, 6.45) is 12.0. The maximum atomic E-state index is 12.3. The monoisotopic (exact) mass is 491 g/mol. The summed E-state index contributed by atoms with van der Waals surface area (Å²) in [4.78, 5) is 38.7. The van der Waals surface area contributed by atoms with E-state index >= 15 is 0 Å². The van der Waals surface area contributed by atoms with E-state index in [0.29, 0.717) is 12.0 Å². The van der Waals surface area contributed by atoms with Crippen LogP contribution < -0.4 is 16.1 Å². The Hall–Kier alpha value is -3.51. The van der Waals surface area contributed by atoms with Gasteiger partial charge in [0, 0.05) is 49.2 Å². The van der Waals surface area contributed by atoms with Crippen LogP contribution >= 0.6 is 0 Å². The Morgan fingerprint density at radius 2 is 1.94 bits per heavy atom. The summed E-state index contributed by atoms with van der Waals surface area (Å²) in [5.74, 6) is 0.831. The van der Waals surface area contributed by atoms with Gasteiger partial charge in [0.2, 0.25) is 5.91 Å². The number of fused-ring (bicyclic) bond motifs is 1. The third kappa shape index (κ3) is 4.65. The number of hydrogen-bond donors (Lipinski definition) is 3. The van der Waals surface area contributed by atoms with Crippen molar-refractivity contribution in [1.82, 2.24) is 30.7 Å². The Balaban J connectivity index is 1.16. The van der Waals surface area contributed by atoms with E-state index in [2.05, 4.69) is 58.3 Å². The first-order valence-corrected chi connectivity index (χ1v) is 12.7. The maximum Gasteiger partial charge on any atom is 0.375 e. The number of nitrogens with zero attached hydrogens (tertiary/aromatic N) is 7. The molecule has 0 spiro atoms. The summed E-state index contributed by atoms with van der Waals surface area (Å²) < 4.78 is 1.86. The molecule has 36 heavy (non-hydrogen) atoms. The van der Waals surface area contributed by atoms with Crippen LogP contribution in [-0.4, -0.2) is 99.8 Å². The molecule has 12 heteroatoms. The van der Waals surface area contributed by atoms with E-state index in [1.54, 1.807) is 6.07 Å². The van der Waals surface area contributed by atoms with Gasteiger partial charge >= 0.3 is 11.8 Å². The van der Waals surface area contributed by atoms with Gasteiger partial charge in [-0.3, -0.25) is 19.4 Å². The molecular weight excluding hydrogens is 460 g/mol. The van der Waals surface area contributed by atoms with Crippen LogP contribution in [0.2, 0.25) is 0 Å². The number of piperidine rings is 1. The number of hydrazine groups is 1. The van der Waals surface area contributed by atoms with Gasteiger partial charge in [-0.25, -0.2) is 0 Å². The van der Waals surface area contributed by atoms with Crippen molar-refractivity contribution < 1.29 is 14.3 Å². The quantitative estimate of drug-likeness (QED) is 0.488. The van der Waals surface area contributed by atoms with Crippen LogP contribution in [0, 0.1) is 5.92 Å².